The molecular weight excluding hydrogens is 340 g/mol. The van der Waals surface area contributed by atoms with Crippen LogP contribution in [0.4, 0.5) is 0 Å². The zero-order valence-corrected chi connectivity index (χ0v) is 14.8. The molecule has 2 atom stereocenters. The molecule has 138 valence electrons. The molecule has 4 heteroatoms. The SMILES string of the molecule is Oc1ccccc1C(O)C1=CCC(c2ccc3c(c2)C=CC3CC(O)O)=C1. The van der Waals surface area contributed by atoms with Gasteiger partial charge in [0.05, 0.1) is 0 Å². The number of hydrogen-bond donors (Lipinski definition) is 4. The Morgan fingerprint density at radius 1 is 1.04 bits per heavy atom. The van der Waals surface area contributed by atoms with Gasteiger partial charge >= 0.3 is 0 Å². The van der Waals surface area contributed by atoms with Gasteiger partial charge in [-0.1, -0.05) is 54.6 Å². The molecule has 0 bridgehead atoms. The average Bonchev–Trinajstić information content (AvgIpc) is 3.28. The van der Waals surface area contributed by atoms with Crippen LogP contribution in [0, 0.1) is 0 Å². The van der Waals surface area contributed by atoms with E-state index in [0.717, 1.165) is 34.3 Å². The third-order valence-electron chi connectivity index (χ3n) is 5.28. The van der Waals surface area contributed by atoms with Gasteiger partial charge in [0.1, 0.15) is 11.9 Å². The van der Waals surface area contributed by atoms with Gasteiger partial charge < -0.3 is 20.4 Å². The fourth-order valence-corrected chi connectivity index (χ4v) is 3.85. The topological polar surface area (TPSA) is 80.9 Å². The largest absolute Gasteiger partial charge is 0.508 e. The van der Waals surface area contributed by atoms with Crippen molar-refractivity contribution in [1.82, 2.24) is 0 Å². The van der Waals surface area contributed by atoms with Crippen molar-refractivity contribution in [3.8, 4) is 5.75 Å². The number of benzene rings is 2. The van der Waals surface area contributed by atoms with E-state index in [1.807, 2.05) is 36.4 Å². The Morgan fingerprint density at radius 3 is 2.63 bits per heavy atom. The fourth-order valence-electron chi connectivity index (χ4n) is 3.85. The van der Waals surface area contributed by atoms with Crippen molar-refractivity contribution >= 4 is 11.6 Å². The molecule has 4 nitrogen and oxygen atoms in total. The lowest BCUT2D eigenvalue weighted by Gasteiger charge is -2.14. The normalized spacial score (nSPS) is 19.2. The Balaban J connectivity index is 1.55. The molecule has 0 fully saturated rings. The van der Waals surface area contributed by atoms with Crippen molar-refractivity contribution in [2.24, 2.45) is 0 Å². The Labute approximate surface area is 158 Å². The Morgan fingerprint density at radius 2 is 1.85 bits per heavy atom. The van der Waals surface area contributed by atoms with E-state index in [1.54, 1.807) is 24.3 Å². The summed E-state index contributed by atoms with van der Waals surface area (Å²) in [5.74, 6) is 0.121. The van der Waals surface area contributed by atoms with Crippen LogP contribution in [0.3, 0.4) is 0 Å². The summed E-state index contributed by atoms with van der Waals surface area (Å²) in [5, 5.41) is 39.0. The number of phenolic OH excluding ortho intramolecular Hbond substituents is 1. The summed E-state index contributed by atoms with van der Waals surface area (Å²) in [4.78, 5) is 0. The Bertz CT molecular complexity index is 953. The van der Waals surface area contributed by atoms with Crippen molar-refractivity contribution < 1.29 is 20.4 Å². The first-order valence-electron chi connectivity index (χ1n) is 9.08. The molecule has 0 saturated heterocycles. The fraction of sp³-hybridized carbons (Fsp3) is 0.217. The highest BCUT2D eigenvalue weighted by atomic mass is 16.5. The summed E-state index contributed by atoms with van der Waals surface area (Å²) < 4.78 is 0. The molecule has 2 aliphatic rings. The van der Waals surface area contributed by atoms with Crippen molar-refractivity contribution in [1.29, 1.82) is 0 Å². The number of para-hydroxylation sites is 1. The van der Waals surface area contributed by atoms with Crippen molar-refractivity contribution in [3.63, 3.8) is 0 Å². The number of fused-ring (bicyclic) bond motifs is 1. The summed E-state index contributed by atoms with van der Waals surface area (Å²) in [6.45, 7) is 0. The molecule has 2 unspecified atom stereocenters. The first-order chi connectivity index (χ1) is 13.0. The molecule has 0 saturated carbocycles. The van der Waals surface area contributed by atoms with Crippen LogP contribution in [-0.4, -0.2) is 26.7 Å². The van der Waals surface area contributed by atoms with Crippen LogP contribution in [0.1, 0.15) is 47.1 Å². The standard InChI is InChI=1S/C23H22O4/c24-21-4-2-1-3-20(21)23(27)18-8-5-14(12-18)15-9-10-19-16(11-15)6-7-17(19)13-22(25)26/h1-4,6-12,17,22-27H,5,13H2. The van der Waals surface area contributed by atoms with E-state index < -0.39 is 12.4 Å². The minimum atomic E-state index is -1.31. The van der Waals surface area contributed by atoms with Crippen LogP contribution in [-0.2, 0) is 0 Å². The number of hydrogen-bond acceptors (Lipinski definition) is 4. The van der Waals surface area contributed by atoms with E-state index in [4.69, 9.17) is 0 Å². The quantitative estimate of drug-likeness (QED) is 0.612. The molecule has 2 aliphatic carbocycles. The molecule has 4 rings (SSSR count). The van der Waals surface area contributed by atoms with E-state index in [9.17, 15) is 20.4 Å². The smallest absolute Gasteiger partial charge is 0.152 e. The van der Waals surface area contributed by atoms with Crippen molar-refractivity contribution in [3.05, 3.63) is 88.5 Å². The predicted molar refractivity (Wildman–Crippen MR) is 105 cm³/mol. The zero-order valence-electron chi connectivity index (χ0n) is 14.8. The molecular formula is C23H22O4. The van der Waals surface area contributed by atoms with Crippen LogP contribution >= 0.6 is 0 Å². The Kier molecular flexibility index (Phi) is 4.70. The highest BCUT2D eigenvalue weighted by Crippen LogP contribution is 2.39. The van der Waals surface area contributed by atoms with Gasteiger partial charge in [-0.2, -0.15) is 0 Å². The van der Waals surface area contributed by atoms with E-state index in [2.05, 4.69) is 6.07 Å². The average molecular weight is 362 g/mol. The van der Waals surface area contributed by atoms with Gasteiger partial charge in [0.2, 0.25) is 0 Å². The van der Waals surface area contributed by atoms with Crippen LogP contribution in [0.2, 0.25) is 0 Å². The third-order valence-corrected chi connectivity index (χ3v) is 5.28. The molecule has 0 radical (unpaired) electrons. The van der Waals surface area contributed by atoms with Crippen LogP contribution < -0.4 is 0 Å². The molecule has 0 spiro atoms. The minimum absolute atomic E-state index is 0.0307. The second kappa shape index (κ2) is 7.16. The molecule has 0 heterocycles. The second-order valence-corrected chi connectivity index (χ2v) is 7.06. The maximum absolute atomic E-state index is 10.6. The summed E-state index contributed by atoms with van der Waals surface area (Å²) in [6.07, 6.45) is 6.84. The second-order valence-electron chi connectivity index (χ2n) is 7.06. The van der Waals surface area contributed by atoms with E-state index >= 15 is 0 Å². The summed E-state index contributed by atoms with van der Waals surface area (Å²) in [6, 6.07) is 13.0. The number of aliphatic hydroxyl groups excluding tert-OH is 2. The maximum atomic E-state index is 10.6. The van der Waals surface area contributed by atoms with Gasteiger partial charge in [0.15, 0.2) is 6.29 Å². The third kappa shape index (κ3) is 3.47. The number of aliphatic hydroxyl groups is 3. The summed E-state index contributed by atoms with van der Waals surface area (Å²) in [5.41, 5.74) is 5.68. The van der Waals surface area contributed by atoms with Crippen LogP contribution in [0.25, 0.3) is 11.6 Å². The molecule has 0 amide bonds. The molecule has 0 aliphatic heterocycles. The number of rotatable bonds is 5. The van der Waals surface area contributed by atoms with Gasteiger partial charge in [-0.15, -0.1) is 0 Å². The van der Waals surface area contributed by atoms with Gasteiger partial charge in [-0.3, -0.25) is 0 Å². The van der Waals surface area contributed by atoms with Gasteiger partial charge in [-0.25, -0.2) is 0 Å². The first kappa shape index (κ1) is 17.7. The minimum Gasteiger partial charge on any atom is -0.508 e. The maximum Gasteiger partial charge on any atom is 0.152 e. The highest BCUT2D eigenvalue weighted by Gasteiger charge is 2.22. The summed E-state index contributed by atoms with van der Waals surface area (Å²) >= 11 is 0. The lowest BCUT2D eigenvalue weighted by Crippen LogP contribution is -2.09. The summed E-state index contributed by atoms with van der Waals surface area (Å²) in [7, 11) is 0. The zero-order chi connectivity index (χ0) is 19.0. The van der Waals surface area contributed by atoms with Crippen molar-refractivity contribution in [2.75, 3.05) is 0 Å². The van der Waals surface area contributed by atoms with Gasteiger partial charge in [0, 0.05) is 17.9 Å². The first-order valence-corrected chi connectivity index (χ1v) is 9.08. The Hall–Kier alpha value is -2.66. The molecule has 4 N–H and O–H groups in total. The monoisotopic (exact) mass is 362 g/mol. The number of phenols is 1. The van der Waals surface area contributed by atoms with Crippen LogP contribution in [0.5, 0.6) is 5.75 Å². The van der Waals surface area contributed by atoms with Crippen molar-refractivity contribution in [2.45, 2.75) is 31.2 Å². The number of allylic oxidation sites excluding steroid dienone is 3. The van der Waals surface area contributed by atoms with E-state index in [1.165, 1.54) is 0 Å². The predicted octanol–water partition coefficient (Wildman–Crippen LogP) is 3.65. The number of aromatic hydroxyl groups is 1. The van der Waals surface area contributed by atoms with Crippen LogP contribution in [0.15, 0.2) is 66.3 Å². The lowest BCUT2D eigenvalue weighted by molar-refractivity contribution is -0.0471. The molecule has 27 heavy (non-hydrogen) atoms. The van der Waals surface area contributed by atoms with Gasteiger partial charge in [0.25, 0.3) is 0 Å². The lowest BCUT2D eigenvalue weighted by atomic mass is 9.94. The van der Waals surface area contributed by atoms with Gasteiger partial charge in [-0.05, 0) is 46.4 Å². The molecule has 0 aromatic heterocycles. The highest BCUT2D eigenvalue weighted by molar-refractivity contribution is 5.76. The molecule has 2 aromatic rings. The van der Waals surface area contributed by atoms with E-state index in [0.29, 0.717) is 12.0 Å². The van der Waals surface area contributed by atoms with E-state index in [-0.39, 0.29) is 11.7 Å². The molecule has 2 aromatic carbocycles.